The van der Waals surface area contributed by atoms with Crippen LogP contribution in [-0.4, -0.2) is 38.9 Å². The molecular formula is C8H9F3O2S3. The van der Waals surface area contributed by atoms with Gasteiger partial charge >= 0.3 is 12.0 Å². The van der Waals surface area contributed by atoms with E-state index in [1.807, 2.05) is 0 Å². The third-order valence-corrected chi connectivity index (χ3v) is 5.83. The summed E-state index contributed by atoms with van der Waals surface area (Å²) in [6.07, 6.45) is -4.07. The van der Waals surface area contributed by atoms with E-state index in [4.69, 9.17) is 0 Å². The van der Waals surface area contributed by atoms with Gasteiger partial charge in [0.1, 0.15) is 0 Å². The number of hydrogen-bond acceptors (Lipinski definition) is 5. The van der Waals surface area contributed by atoms with E-state index in [-0.39, 0.29) is 4.58 Å². The highest BCUT2D eigenvalue weighted by molar-refractivity contribution is 8.26. The van der Waals surface area contributed by atoms with Crippen molar-refractivity contribution in [3.05, 3.63) is 0 Å². The Morgan fingerprint density at radius 3 is 2.56 bits per heavy atom. The molecule has 0 saturated carbocycles. The summed E-state index contributed by atoms with van der Waals surface area (Å²) in [4.78, 5) is 21.7. The molecule has 0 aromatic carbocycles. The van der Waals surface area contributed by atoms with Crippen molar-refractivity contribution < 1.29 is 22.8 Å². The molecule has 1 heterocycles. The number of ketones is 1. The van der Waals surface area contributed by atoms with E-state index in [1.165, 1.54) is 11.8 Å². The molecule has 0 aromatic rings. The lowest BCUT2D eigenvalue weighted by atomic mass is 10.4. The lowest BCUT2D eigenvalue weighted by molar-refractivity contribution is -0.172. The molecule has 0 N–H and O–H groups in total. The molecule has 1 atom stereocenters. The molecule has 0 amide bonds. The van der Waals surface area contributed by atoms with Gasteiger partial charge in [-0.2, -0.15) is 24.9 Å². The topological polar surface area (TPSA) is 34.1 Å². The predicted molar refractivity (Wildman–Crippen MR) is 61.8 cm³/mol. The molecule has 1 saturated heterocycles. The van der Waals surface area contributed by atoms with Gasteiger partial charge in [0.2, 0.25) is 0 Å². The molecule has 1 aliphatic rings. The molecule has 0 radical (unpaired) electrons. The van der Waals surface area contributed by atoms with Crippen molar-refractivity contribution in [1.82, 2.24) is 0 Å². The van der Waals surface area contributed by atoms with Crippen LogP contribution in [0.1, 0.15) is 6.42 Å². The molecule has 2 nitrogen and oxygen atoms in total. The molecule has 92 valence electrons. The van der Waals surface area contributed by atoms with Crippen molar-refractivity contribution in [3.8, 4) is 0 Å². The normalized spacial score (nSPS) is 22.6. The molecule has 0 spiro atoms. The van der Waals surface area contributed by atoms with Gasteiger partial charge in [-0.15, -0.1) is 11.8 Å². The number of alkyl halides is 3. The first-order valence-corrected chi connectivity index (χ1v) is 7.51. The summed E-state index contributed by atoms with van der Waals surface area (Å²) < 4.78 is 35.6. The van der Waals surface area contributed by atoms with Gasteiger partial charge in [0, 0.05) is 5.75 Å². The van der Waals surface area contributed by atoms with Gasteiger partial charge in [-0.05, 0) is 17.9 Å². The summed E-state index contributed by atoms with van der Waals surface area (Å²) in [6, 6.07) is 0. The van der Waals surface area contributed by atoms with Crippen LogP contribution in [0.25, 0.3) is 0 Å². The highest BCUT2D eigenvalue weighted by atomic mass is 32.2. The first kappa shape index (κ1) is 14.2. The SMILES string of the molecule is O=C(SC1CSCCCS1)C(=O)C(F)(F)F. The second kappa shape index (κ2) is 6.20. The fraction of sp³-hybridized carbons (Fsp3) is 0.750. The fourth-order valence-corrected chi connectivity index (χ4v) is 4.94. The van der Waals surface area contributed by atoms with Gasteiger partial charge < -0.3 is 0 Å². The van der Waals surface area contributed by atoms with E-state index >= 15 is 0 Å². The average molecular weight is 290 g/mol. The number of carbonyl (C=O) groups excluding carboxylic acids is 2. The number of halogens is 3. The summed E-state index contributed by atoms with van der Waals surface area (Å²) in [5.74, 6) is 0.114. The van der Waals surface area contributed by atoms with E-state index in [0.29, 0.717) is 17.5 Å². The van der Waals surface area contributed by atoms with Crippen molar-refractivity contribution >= 4 is 46.2 Å². The molecule has 1 fully saturated rings. The van der Waals surface area contributed by atoms with Crippen molar-refractivity contribution in [3.63, 3.8) is 0 Å². The van der Waals surface area contributed by atoms with Crippen molar-refractivity contribution in [1.29, 1.82) is 0 Å². The van der Waals surface area contributed by atoms with Crippen LogP contribution in [0.15, 0.2) is 0 Å². The summed E-state index contributed by atoms with van der Waals surface area (Å²) in [5.41, 5.74) is 0. The first-order chi connectivity index (χ1) is 7.41. The smallest absolute Gasteiger partial charge is 0.280 e. The quantitative estimate of drug-likeness (QED) is 0.730. The molecule has 0 aromatic heterocycles. The molecule has 16 heavy (non-hydrogen) atoms. The molecular weight excluding hydrogens is 281 g/mol. The van der Waals surface area contributed by atoms with E-state index in [0.717, 1.165) is 17.9 Å². The summed E-state index contributed by atoms with van der Waals surface area (Å²) >= 11 is 3.54. The van der Waals surface area contributed by atoms with Crippen LogP contribution < -0.4 is 0 Å². The largest absolute Gasteiger partial charge is 0.458 e. The summed E-state index contributed by atoms with van der Waals surface area (Å²) in [7, 11) is 0. The van der Waals surface area contributed by atoms with Gasteiger partial charge in [0.05, 0.1) is 4.58 Å². The Labute approximate surface area is 103 Å². The van der Waals surface area contributed by atoms with Gasteiger partial charge in [-0.1, -0.05) is 11.8 Å². The Morgan fingerprint density at radius 2 is 1.94 bits per heavy atom. The third-order valence-electron chi connectivity index (χ3n) is 1.67. The Morgan fingerprint density at radius 1 is 1.25 bits per heavy atom. The standard InChI is InChI=1S/C8H9F3O2S3/c9-8(10,11)6(12)7(13)16-5-4-14-2-1-3-15-5/h5H,1-4H2. The zero-order valence-corrected chi connectivity index (χ0v) is 10.5. The summed E-state index contributed by atoms with van der Waals surface area (Å²) in [6.45, 7) is 0. The van der Waals surface area contributed by atoms with Gasteiger partial charge in [0.15, 0.2) is 0 Å². The Balaban J connectivity index is 2.47. The minimum Gasteiger partial charge on any atom is -0.280 e. The summed E-state index contributed by atoms with van der Waals surface area (Å²) in [5, 5.41) is -1.40. The minimum absolute atomic E-state index is 0.244. The van der Waals surface area contributed by atoms with Crippen LogP contribution in [0.4, 0.5) is 13.2 Å². The van der Waals surface area contributed by atoms with Crippen molar-refractivity contribution in [2.45, 2.75) is 17.2 Å². The van der Waals surface area contributed by atoms with E-state index in [9.17, 15) is 22.8 Å². The van der Waals surface area contributed by atoms with Gasteiger partial charge in [0.25, 0.3) is 5.12 Å². The molecule has 0 aliphatic carbocycles. The zero-order valence-electron chi connectivity index (χ0n) is 8.08. The van der Waals surface area contributed by atoms with Crippen molar-refractivity contribution in [2.75, 3.05) is 17.3 Å². The van der Waals surface area contributed by atoms with E-state index < -0.39 is 17.1 Å². The van der Waals surface area contributed by atoms with Crippen LogP contribution in [0.2, 0.25) is 0 Å². The first-order valence-electron chi connectivity index (χ1n) is 4.42. The molecule has 8 heteroatoms. The molecule has 1 unspecified atom stereocenters. The monoisotopic (exact) mass is 290 g/mol. The lowest BCUT2D eigenvalue weighted by Crippen LogP contribution is -2.30. The second-order valence-corrected chi connectivity index (χ2v) is 6.90. The highest BCUT2D eigenvalue weighted by Crippen LogP contribution is 2.33. The maximum absolute atomic E-state index is 11.9. The second-order valence-electron chi connectivity index (χ2n) is 2.96. The van der Waals surface area contributed by atoms with Crippen LogP contribution >= 0.6 is 35.3 Å². The minimum atomic E-state index is -5.05. The predicted octanol–water partition coefficient (Wildman–Crippen LogP) is 2.57. The van der Waals surface area contributed by atoms with Crippen molar-refractivity contribution in [2.24, 2.45) is 0 Å². The third kappa shape index (κ3) is 4.58. The van der Waals surface area contributed by atoms with Crippen LogP contribution in [0, 0.1) is 0 Å². The number of hydrogen-bond donors (Lipinski definition) is 0. The van der Waals surface area contributed by atoms with Gasteiger partial charge in [-0.3, -0.25) is 9.59 Å². The van der Waals surface area contributed by atoms with E-state index in [1.54, 1.807) is 11.8 Å². The molecule has 0 bridgehead atoms. The Kier molecular flexibility index (Phi) is 5.52. The van der Waals surface area contributed by atoms with Gasteiger partial charge in [-0.25, -0.2) is 0 Å². The van der Waals surface area contributed by atoms with Crippen LogP contribution in [0.5, 0.6) is 0 Å². The Hall–Kier alpha value is 0.180. The number of rotatable bonds is 2. The maximum Gasteiger partial charge on any atom is 0.458 e. The average Bonchev–Trinajstić information content (AvgIpc) is 2.43. The molecule has 1 rings (SSSR count). The lowest BCUT2D eigenvalue weighted by Gasteiger charge is -2.11. The van der Waals surface area contributed by atoms with Crippen LogP contribution in [-0.2, 0) is 9.59 Å². The highest BCUT2D eigenvalue weighted by Gasteiger charge is 2.44. The maximum atomic E-state index is 11.9. The van der Waals surface area contributed by atoms with Crippen LogP contribution in [0.3, 0.4) is 0 Å². The Bertz CT molecular complexity index is 272. The number of thioether (sulfide) groups is 3. The zero-order chi connectivity index (χ0) is 12.2. The number of Topliss-reactive ketones (excluding diaryl/α,β-unsaturated/α-hetero) is 1. The fourth-order valence-electron chi connectivity index (χ4n) is 0.960. The number of carbonyl (C=O) groups is 2. The van der Waals surface area contributed by atoms with E-state index in [2.05, 4.69) is 0 Å². The molecule has 1 aliphatic heterocycles.